The number of hydrogen-bond donors (Lipinski definition) is 1. The number of halogens is 1. The van der Waals surface area contributed by atoms with Crippen LogP contribution in [0.2, 0.25) is 5.28 Å². The second-order valence-corrected chi connectivity index (χ2v) is 5.54. The highest BCUT2D eigenvalue weighted by atomic mass is 35.5. The molecule has 1 aliphatic heterocycles. The van der Waals surface area contributed by atoms with Gasteiger partial charge in [0.25, 0.3) is 0 Å². The second kappa shape index (κ2) is 7.75. The predicted octanol–water partition coefficient (Wildman–Crippen LogP) is 2.27. The third kappa shape index (κ3) is 4.17. The van der Waals surface area contributed by atoms with E-state index in [-0.39, 0.29) is 5.28 Å². The second-order valence-electron chi connectivity index (χ2n) is 5.21. The van der Waals surface area contributed by atoms with Gasteiger partial charge in [0.1, 0.15) is 0 Å². The Morgan fingerprint density at radius 2 is 2.00 bits per heavy atom. The van der Waals surface area contributed by atoms with Crippen LogP contribution in [0.1, 0.15) is 33.6 Å². The average Bonchev–Trinajstić information content (AvgIpc) is 2.93. The Labute approximate surface area is 131 Å². The van der Waals surface area contributed by atoms with Crippen molar-refractivity contribution in [2.75, 3.05) is 42.9 Å². The zero-order chi connectivity index (χ0) is 15.2. The quantitative estimate of drug-likeness (QED) is 0.833. The average molecular weight is 313 g/mol. The van der Waals surface area contributed by atoms with Crippen LogP contribution < -0.4 is 10.2 Å². The number of likely N-dealkylation sites (tertiary alicyclic amines) is 1. The molecule has 2 rings (SSSR count). The van der Waals surface area contributed by atoms with E-state index in [1.807, 2.05) is 0 Å². The third-order valence-electron chi connectivity index (χ3n) is 4.04. The molecule has 0 aromatic carbocycles. The number of anilines is 2. The van der Waals surface area contributed by atoms with Gasteiger partial charge in [-0.2, -0.15) is 15.0 Å². The molecule has 1 atom stereocenters. The molecule has 0 aliphatic carbocycles. The van der Waals surface area contributed by atoms with Crippen molar-refractivity contribution in [3.63, 3.8) is 0 Å². The predicted molar refractivity (Wildman–Crippen MR) is 87.2 cm³/mol. The van der Waals surface area contributed by atoms with Crippen molar-refractivity contribution in [2.24, 2.45) is 0 Å². The van der Waals surface area contributed by atoms with E-state index < -0.39 is 0 Å². The normalized spacial score (nSPS) is 19.0. The molecule has 0 spiro atoms. The van der Waals surface area contributed by atoms with Gasteiger partial charge in [0.15, 0.2) is 0 Å². The lowest BCUT2D eigenvalue weighted by molar-refractivity contribution is 0.277. The Balaban J connectivity index is 2.02. The van der Waals surface area contributed by atoms with Crippen molar-refractivity contribution >= 4 is 23.5 Å². The summed E-state index contributed by atoms with van der Waals surface area (Å²) in [5.41, 5.74) is 0. The van der Waals surface area contributed by atoms with Gasteiger partial charge < -0.3 is 10.2 Å². The summed E-state index contributed by atoms with van der Waals surface area (Å²) in [6, 6.07) is 0.558. The minimum atomic E-state index is 0.244. The van der Waals surface area contributed by atoms with Crippen molar-refractivity contribution in [3.05, 3.63) is 5.28 Å². The van der Waals surface area contributed by atoms with E-state index in [0.717, 1.165) is 26.2 Å². The summed E-state index contributed by atoms with van der Waals surface area (Å²) in [7, 11) is 0. The molecule has 6 nitrogen and oxygen atoms in total. The highest BCUT2D eigenvalue weighted by Gasteiger charge is 2.23. The zero-order valence-electron chi connectivity index (χ0n) is 13.1. The van der Waals surface area contributed by atoms with Crippen molar-refractivity contribution in [1.29, 1.82) is 0 Å². The smallest absolute Gasteiger partial charge is 0.231 e. The zero-order valence-corrected chi connectivity index (χ0v) is 13.9. The molecule has 7 heteroatoms. The summed E-state index contributed by atoms with van der Waals surface area (Å²) in [4.78, 5) is 17.4. The molecule has 1 aromatic rings. The molecular weight excluding hydrogens is 288 g/mol. The molecule has 1 aromatic heterocycles. The maximum Gasteiger partial charge on any atom is 0.231 e. The first-order valence-electron chi connectivity index (χ1n) is 7.82. The van der Waals surface area contributed by atoms with Gasteiger partial charge in [-0.05, 0) is 51.4 Å². The van der Waals surface area contributed by atoms with Crippen molar-refractivity contribution in [1.82, 2.24) is 19.9 Å². The molecule has 118 valence electrons. The number of rotatable bonds is 7. The van der Waals surface area contributed by atoms with Crippen molar-refractivity contribution in [2.45, 2.75) is 39.7 Å². The van der Waals surface area contributed by atoms with Gasteiger partial charge in [-0.1, -0.05) is 6.92 Å². The summed E-state index contributed by atoms with van der Waals surface area (Å²) in [5, 5.41) is 3.56. The summed E-state index contributed by atoms with van der Waals surface area (Å²) in [5.74, 6) is 1.21. The Morgan fingerprint density at radius 1 is 1.24 bits per heavy atom. The number of aromatic nitrogens is 3. The monoisotopic (exact) mass is 312 g/mol. The Morgan fingerprint density at radius 3 is 2.67 bits per heavy atom. The first-order valence-corrected chi connectivity index (χ1v) is 8.20. The molecule has 2 heterocycles. The van der Waals surface area contributed by atoms with E-state index in [0.29, 0.717) is 17.9 Å². The summed E-state index contributed by atoms with van der Waals surface area (Å²) in [6.45, 7) is 11.2. The van der Waals surface area contributed by atoms with Gasteiger partial charge in [-0.15, -0.1) is 0 Å². The topological polar surface area (TPSA) is 57.2 Å². The van der Waals surface area contributed by atoms with E-state index in [1.165, 1.54) is 19.4 Å². The first kappa shape index (κ1) is 16.2. The van der Waals surface area contributed by atoms with Crippen LogP contribution >= 0.6 is 11.6 Å². The van der Waals surface area contributed by atoms with Crippen LogP contribution in [0.15, 0.2) is 0 Å². The Bertz CT molecular complexity index is 451. The highest BCUT2D eigenvalue weighted by Crippen LogP contribution is 2.18. The molecule has 0 bridgehead atoms. The molecule has 0 radical (unpaired) electrons. The van der Waals surface area contributed by atoms with Gasteiger partial charge in [0, 0.05) is 25.7 Å². The van der Waals surface area contributed by atoms with Crippen molar-refractivity contribution in [3.8, 4) is 0 Å². The molecule has 1 fully saturated rings. The Kier molecular flexibility index (Phi) is 5.99. The van der Waals surface area contributed by atoms with E-state index in [2.05, 4.69) is 50.8 Å². The molecule has 0 amide bonds. The molecule has 0 saturated carbocycles. The summed E-state index contributed by atoms with van der Waals surface area (Å²) in [6.07, 6.45) is 2.49. The molecule has 1 unspecified atom stereocenters. The summed E-state index contributed by atoms with van der Waals surface area (Å²) >= 11 is 6.02. The fourth-order valence-electron chi connectivity index (χ4n) is 2.82. The van der Waals surface area contributed by atoms with Crippen LogP contribution in [0.4, 0.5) is 11.9 Å². The molecule has 1 aliphatic rings. The lowest BCUT2D eigenvalue weighted by Crippen LogP contribution is -2.35. The van der Waals surface area contributed by atoms with Gasteiger partial charge in [-0.3, -0.25) is 4.90 Å². The largest absolute Gasteiger partial charge is 0.352 e. The van der Waals surface area contributed by atoms with Gasteiger partial charge in [0.05, 0.1) is 0 Å². The number of nitrogens with one attached hydrogen (secondary N) is 1. The Hall–Kier alpha value is -1.14. The van der Waals surface area contributed by atoms with E-state index >= 15 is 0 Å². The fourth-order valence-corrected chi connectivity index (χ4v) is 2.97. The SMILES string of the molecule is CCN(CC)c1nc(Cl)nc(NCC2CCCN2CC)n1. The van der Waals surface area contributed by atoms with E-state index in [1.54, 1.807) is 0 Å². The van der Waals surface area contributed by atoms with Crippen LogP contribution in [0, 0.1) is 0 Å². The van der Waals surface area contributed by atoms with Crippen LogP contribution in [0.25, 0.3) is 0 Å². The maximum atomic E-state index is 6.02. The van der Waals surface area contributed by atoms with Crippen LogP contribution in [-0.2, 0) is 0 Å². The molecule has 21 heavy (non-hydrogen) atoms. The van der Waals surface area contributed by atoms with Crippen LogP contribution in [0.5, 0.6) is 0 Å². The van der Waals surface area contributed by atoms with Gasteiger partial charge in [0.2, 0.25) is 17.2 Å². The first-order chi connectivity index (χ1) is 10.2. The van der Waals surface area contributed by atoms with Gasteiger partial charge >= 0.3 is 0 Å². The summed E-state index contributed by atoms with van der Waals surface area (Å²) < 4.78 is 0. The third-order valence-corrected chi connectivity index (χ3v) is 4.21. The minimum Gasteiger partial charge on any atom is -0.352 e. The number of hydrogen-bond acceptors (Lipinski definition) is 6. The molecule has 1 N–H and O–H groups in total. The lowest BCUT2D eigenvalue weighted by atomic mass is 10.2. The van der Waals surface area contributed by atoms with E-state index in [9.17, 15) is 0 Å². The fraction of sp³-hybridized carbons (Fsp3) is 0.786. The maximum absolute atomic E-state index is 6.02. The van der Waals surface area contributed by atoms with E-state index in [4.69, 9.17) is 11.6 Å². The molecule has 1 saturated heterocycles. The lowest BCUT2D eigenvalue weighted by Gasteiger charge is -2.23. The number of likely N-dealkylation sites (N-methyl/N-ethyl adjacent to an activating group) is 1. The van der Waals surface area contributed by atoms with Crippen LogP contribution in [-0.4, -0.2) is 58.6 Å². The standard InChI is InChI=1S/C14H25ClN6/c1-4-20(5-2)14-18-12(15)17-13(19-14)16-10-11-8-7-9-21(11)6-3/h11H,4-10H2,1-3H3,(H,16,17,18,19). The highest BCUT2D eigenvalue weighted by molar-refractivity contribution is 6.28. The van der Waals surface area contributed by atoms with Gasteiger partial charge in [-0.25, -0.2) is 0 Å². The number of nitrogens with zero attached hydrogens (tertiary/aromatic N) is 5. The van der Waals surface area contributed by atoms with Crippen molar-refractivity contribution < 1.29 is 0 Å². The minimum absolute atomic E-state index is 0.244. The van der Waals surface area contributed by atoms with Crippen LogP contribution in [0.3, 0.4) is 0 Å². The molecular formula is C14H25ClN6.